The molecule has 2 amide bonds. The largest absolute Gasteiger partial charge is 0.352 e. The molecule has 1 aromatic rings. The molecule has 0 radical (unpaired) electrons. The molecule has 0 aromatic heterocycles. The minimum absolute atomic E-state index is 0.00924. The summed E-state index contributed by atoms with van der Waals surface area (Å²) in [5, 5.41) is 2.80. The molecule has 0 spiro atoms. The predicted octanol–water partition coefficient (Wildman–Crippen LogP) is 2.35. The number of hydrogen-bond donors (Lipinski definition) is 1. The lowest BCUT2D eigenvalue weighted by atomic mass is 10.1. The number of likely N-dealkylation sites (tertiary alicyclic amines) is 1. The van der Waals surface area contributed by atoms with Crippen molar-refractivity contribution < 1.29 is 14.0 Å². The summed E-state index contributed by atoms with van der Waals surface area (Å²) >= 11 is 5.69. The molecule has 1 atom stereocenters. The van der Waals surface area contributed by atoms with Crippen molar-refractivity contribution in [3.63, 3.8) is 0 Å². The molecule has 1 aliphatic rings. The van der Waals surface area contributed by atoms with Crippen molar-refractivity contribution >= 4 is 23.4 Å². The number of carbonyl (C=O) groups is 2. The van der Waals surface area contributed by atoms with Crippen molar-refractivity contribution in [3.05, 3.63) is 34.6 Å². The van der Waals surface area contributed by atoms with Gasteiger partial charge in [-0.1, -0.05) is 17.7 Å². The number of rotatable bonds is 4. The molecule has 1 N–H and O–H groups in total. The Hall–Kier alpha value is -1.62. The smallest absolute Gasteiger partial charge is 0.225 e. The molecule has 1 unspecified atom stereocenters. The van der Waals surface area contributed by atoms with Crippen LogP contribution in [0.4, 0.5) is 4.39 Å². The van der Waals surface area contributed by atoms with Crippen LogP contribution in [0.3, 0.4) is 0 Å². The zero-order valence-electron chi connectivity index (χ0n) is 12.0. The molecule has 114 valence electrons. The first kappa shape index (κ1) is 15.8. The quantitative estimate of drug-likeness (QED) is 0.928. The third kappa shape index (κ3) is 3.73. The molecule has 1 saturated heterocycles. The molecule has 4 nitrogen and oxygen atoms in total. The van der Waals surface area contributed by atoms with Gasteiger partial charge in [0.05, 0.1) is 10.9 Å². The standard InChI is InChI=1S/C15H18ClFN2O2/c1-9(2)19-8-11(6-14(19)20)15(21)18-7-10-3-4-13(17)12(16)5-10/h3-5,9,11H,6-8H2,1-2H3,(H,18,21). The van der Waals surface area contributed by atoms with Crippen molar-refractivity contribution in [2.24, 2.45) is 5.92 Å². The van der Waals surface area contributed by atoms with E-state index in [2.05, 4.69) is 5.32 Å². The lowest BCUT2D eigenvalue weighted by molar-refractivity contribution is -0.129. The lowest BCUT2D eigenvalue weighted by Gasteiger charge is -2.20. The molecule has 1 aromatic carbocycles. The third-order valence-corrected chi connectivity index (χ3v) is 3.89. The number of benzene rings is 1. The topological polar surface area (TPSA) is 49.4 Å². The van der Waals surface area contributed by atoms with Gasteiger partial charge < -0.3 is 10.2 Å². The Morgan fingerprint density at radius 1 is 1.52 bits per heavy atom. The van der Waals surface area contributed by atoms with Crippen LogP contribution in [0.15, 0.2) is 18.2 Å². The monoisotopic (exact) mass is 312 g/mol. The first-order chi connectivity index (χ1) is 9.88. The van der Waals surface area contributed by atoms with E-state index in [4.69, 9.17) is 11.6 Å². The van der Waals surface area contributed by atoms with Crippen LogP contribution in [0, 0.1) is 11.7 Å². The van der Waals surface area contributed by atoms with E-state index < -0.39 is 5.82 Å². The van der Waals surface area contributed by atoms with E-state index in [-0.39, 0.29) is 41.8 Å². The summed E-state index contributed by atoms with van der Waals surface area (Å²) in [6.07, 6.45) is 0.244. The predicted molar refractivity (Wildman–Crippen MR) is 78.2 cm³/mol. The number of nitrogens with one attached hydrogen (secondary N) is 1. The van der Waals surface area contributed by atoms with Crippen LogP contribution in [-0.4, -0.2) is 29.3 Å². The first-order valence-electron chi connectivity index (χ1n) is 6.89. The van der Waals surface area contributed by atoms with Crippen molar-refractivity contribution in [1.82, 2.24) is 10.2 Å². The van der Waals surface area contributed by atoms with E-state index in [0.29, 0.717) is 6.54 Å². The normalized spacial score (nSPS) is 18.4. The van der Waals surface area contributed by atoms with Gasteiger partial charge in [-0.15, -0.1) is 0 Å². The lowest BCUT2D eigenvalue weighted by Crippen LogP contribution is -2.35. The van der Waals surface area contributed by atoms with E-state index in [9.17, 15) is 14.0 Å². The SMILES string of the molecule is CC(C)N1CC(C(=O)NCc2ccc(F)c(Cl)c2)CC1=O. The van der Waals surface area contributed by atoms with Crippen LogP contribution in [0.2, 0.25) is 5.02 Å². The zero-order valence-corrected chi connectivity index (χ0v) is 12.8. The molecule has 2 rings (SSSR count). The number of hydrogen-bond acceptors (Lipinski definition) is 2. The van der Waals surface area contributed by atoms with E-state index in [1.807, 2.05) is 13.8 Å². The maximum Gasteiger partial charge on any atom is 0.225 e. The van der Waals surface area contributed by atoms with Gasteiger partial charge in [-0.05, 0) is 31.5 Å². The van der Waals surface area contributed by atoms with E-state index >= 15 is 0 Å². The van der Waals surface area contributed by atoms with Gasteiger partial charge >= 0.3 is 0 Å². The number of nitrogens with zero attached hydrogens (tertiary/aromatic N) is 1. The summed E-state index contributed by atoms with van der Waals surface area (Å²) in [7, 11) is 0. The maximum atomic E-state index is 13.0. The Morgan fingerprint density at radius 3 is 2.81 bits per heavy atom. The van der Waals surface area contributed by atoms with Crippen molar-refractivity contribution in [1.29, 1.82) is 0 Å². The van der Waals surface area contributed by atoms with Crippen LogP contribution in [-0.2, 0) is 16.1 Å². The summed E-state index contributed by atoms with van der Waals surface area (Å²) in [5.74, 6) is -0.960. The summed E-state index contributed by atoms with van der Waals surface area (Å²) in [5.41, 5.74) is 0.722. The van der Waals surface area contributed by atoms with E-state index in [0.717, 1.165) is 5.56 Å². The second-order valence-corrected chi connectivity index (χ2v) is 5.91. The minimum Gasteiger partial charge on any atom is -0.352 e. The summed E-state index contributed by atoms with van der Waals surface area (Å²) < 4.78 is 13.0. The molecule has 0 bridgehead atoms. The van der Waals surface area contributed by atoms with Gasteiger partial charge in [0.15, 0.2) is 0 Å². The Labute approximate surface area is 128 Å². The Kier molecular flexibility index (Phi) is 4.83. The summed E-state index contributed by atoms with van der Waals surface area (Å²) in [6, 6.07) is 4.42. The molecular formula is C15H18ClFN2O2. The average Bonchev–Trinajstić information content (AvgIpc) is 2.82. The van der Waals surface area contributed by atoms with Gasteiger partial charge in [-0.3, -0.25) is 9.59 Å². The molecule has 1 aliphatic heterocycles. The van der Waals surface area contributed by atoms with Gasteiger partial charge in [0, 0.05) is 25.6 Å². The highest BCUT2D eigenvalue weighted by Crippen LogP contribution is 2.20. The fourth-order valence-electron chi connectivity index (χ4n) is 2.39. The number of carbonyl (C=O) groups excluding carboxylic acids is 2. The molecule has 0 aliphatic carbocycles. The van der Waals surface area contributed by atoms with Gasteiger partial charge in [0.2, 0.25) is 11.8 Å². The van der Waals surface area contributed by atoms with Crippen LogP contribution in [0.5, 0.6) is 0 Å². The van der Waals surface area contributed by atoms with E-state index in [1.165, 1.54) is 12.1 Å². The van der Waals surface area contributed by atoms with Crippen LogP contribution >= 0.6 is 11.6 Å². The van der Waals surface area contributed by atoms with E-state index in [1.54, 1.807) is 11.0 Å². The Morgan fingerprint density at radius 2 is 2.24 bits per heavy atom. The second-order valence-electron chi connectivity index (χ2n) is 5.51. The van der Waals surface area contributed by atoms with Gasteiger partial charge in [0.1, 0.15) is 5.82 Å². The summed E-state index contributed by atoms with van der Waals surface area (Å²) in [6.45, 7) is 4.58. The minimum atomic E-state index is -0.485. The highest BCUT2D eigenvalue weighted by atomic mass is 35.5. The maximum absolute atomic E-state index is 13.0. The molecular weight excluding hydrogens is 295 g/mol. The summed E-state index contributed by atoms with van der Waals surface area (Å²) in [4.78, 5) is 25.6. The fourth-order valence-corrected chi connectivity index (χ4v) is 2.59. The van der Waals surface area contributed by atoms with Crippen molar-refractivity contribution in [2.45, 2.75) is 32.9 Å². The van der Waals surface area contributed by atoms with Crippen molar-refractivity contribution in [2.75, 3.05) is 6.54 Å². The molecule has 21 heavy (non-hydrogen) atoms. The first-order valence-corrected chi connectivity index (χ1v) is 7.27. The molecule has 6 heteroatoms. The second kappa shape index (κ2) is 6.43. The average molecular weight is 313 g/mol. The number of halogens is 2. The van der Waals surface area contributed by atoms with Gasteiger partial charge in [-0.25, -0.2) is 4.39 Å². The molecule has 1 heterocycles. The van der Waals surface area contributed by atoms with Gasteiger partial charge in [0.25, 0.3) is 0 Å². The number of amides is 2. The molecule has 1 fully saturated rings. The van der Waals surface area contributed by atoms with Crippen LogP contribution in [0.25, 0.3) is 0 Å². The van der Waals surface area contributed by atoms with Crippen molar-refractivity contribution in [3.8, 4) is 0 Å². The van der Waals surface area contributed by atoms with Gasteiger partial charge in [-0.2, -0.15) is 0 Å². The Balaban J connectivity index is 1.90. The zero-order chi connectivity index (χ0) is 15.6. The molecule has 0 saturated carbocycles. The van der Waals surface area contributed by atoms with Crippen LogP contribution in [0.1, 0.15) is 25.8 Å². The highest BCUT2D eigenvalue weighted by molar-refractivity contribution is 6.30. The highest BCUT2D eigenvalue weighted by Gasteiger charge is 2.35. The Bertz CT molecular complexity index is 563. The van der Waals surface area contributed by atoms with Crippen LogP contribution < -0.4 is 5.32 Å². The fraction of sp³-hybridized carbons (Fsp3) is 0.467. The third-order valence-electron chi connectivity index (χ3n) is 3.60.